The maximum absolute atomic E-state index is 12.5. The van der Waals surface area contributed by atoms with Crippen LogP contribution in [0.1, 0.15) is 29.9 Å². The Kier molecular flexibility index (Phi) is 5.32. The molecule has 1 aliphatic heterocycles. The monoisotopic (exact) mass is 387 g/mol. The van der Waals surface area contributed by atoms with E-state index >= 15 is 0 Å². The molecule has 1 aliphatic rings. The number of carbonyl (C=O) groups excluding carboxylic acids is 1. The second-order valence-electron chi connectivity index (χ2n) is 6.09. The fraction of sp³-hybridized carbons (Fsp3) is 0.353. The zero-order valence-electron chi connectivity index (χ0n) is 14.8. The van der Waals surface area contributed by atoms with Crippen LogP contribution in [0.4, 0.5) is 0 Å². The lowest BCUT2D eigenvalue weighted by Gasteiger charge is -2.25. The van der Waals surface area contributed by atoms with Gasteiger partial charge in [0.15, 0.2) is 18.1 Å². The molecule has 0 bridgehead atoms. The van der Waals surface area contributed by atoms with Crippen LogP contribution in [0.25, 0.3) is 10.4 Å². The van der Waals surface area contributed by atoms with Gasteiger partial charge in [-0.25, -0.2) is 9.59 Å². The molecule has 146 valence electrons. The number of carbonyl (C=O) groups is 1. The van der Waals surface area contributed by atoms with Gasteiger partial charge < -0.3 is 14.6 Å². The fourth-order valence-corrected chi connectivity index (χ4v) is 3.01. The highest BCUT2D eigenvalue weighted by molar-refractivity contribution is 5.89. The summed E-state index contributed by atoms with van der Waals surface area (Å²) in [6.45, 7) is 1.60. The van der Waals surface area contributed by atoms with Gasteiger partial charge in [0.05, 0.1) is 5.56 Å². The van der Waals surface area contributed by atoms with Crippen LogP contribution in [0, 0.1) is 0 Å². The molecule has 0 amide bonds. The summed E-state index contributed by atoms with van der Waals surface area (Å²) in [5.41, 5.74) is 5.88. The number of rotatable bonds is 5. The number of benzene rings is 1. The highest BCUT2D eigenvalue weighted by Crippen LogP contribution is 2.41. The quantitative estimate of drug-likeness (QED) is 0.338. The molecular weight excluding hydrogens is 370 g/mol. The Morgan fingerprint density at radius 1 is 1.39 bits per heavy atom. The van der Waals surface area contributed by atoms with E-state index in [1.165, 1.54) is 12.1 Å². The van der Waals surface area contributed by atoms with Crippen molar-refractivity contribution < 1.29 is 19.4 Å². The van der Waals surface area contributed by atoms with E-state index in [1.54, 1.807) is 25.1 Å². The molecule has 1 aromatic carbocycles. The van der Waals surface area contributed by atoms with Crippen molar-refractivity contribution in [2.45, 2.75) is 37.5 Å². The summed E-state index contributed by atoms with van der Waals surface area (Å²) in [6.07, 6.45) is -3.06. The number of nitrogens with one attached hydrogen (secondary N) is 1. The van der Waals surface area contributed by atoms with E-state index in [0.717, 1.165) is 16.8 Å². The molecule has 0 saturated carbocycles. The van der Waals surface area contributed by atoms with Crippen molar-refractivity contribution in [1.82, 2.24) is 9.55 Å². The van der Waals surface area contributed by atoms with Crippen molar-refractivity contribution in [3.8, 4) is 0 Å². The Morgan fingerprint density at radius 2 is 2.11 bits per heavy atom. The molecule has 11 nitrogen and oxygen atoms in total. The highest BCUT2D eigenvalue weighted by Gasteiger charge is 2.56. The van der Waals surface area contributed by atoms with Crippen LogP contribution in [0.3, 0.4) is 0 Å². The Balaban J connectivity index is 2.03. The molecule has 0 unspecified atom stereocenters. The first kappa shape index (κ1) is 19.4. The Bertz CT molecular complexity index is 1030. The number of hydrogen-bond donors (Lipinski definition) is 2. The van der Waals surface area contributed by atoms with E-state index in [-0.39, 0.29) is 12.0 Å². The van der Waals surface area contributed by atoms with Gasteiger partial charge in [-0.1, -0.05) is 30.2 Å². The number of azide groups is 1. The lowest BCUT2D eigenvalue weighted by Crippen LogP contribution is -2.43. The Labute approximate surface area is 157 Å². The van der Waals surface area contributed by atoms with Crippen LogP contribution in [0.5, 0.6) is 0 Å². The maximum Gasteiger partial charge on any atom is 0.338 e. The van der Waals surface area contributed by atoms with Crippen molar-refractivity contribution >= 4 is 5.97 Å². The van der Waals surface area contributed by atoms with Crippen LogP contribution in [-0.2, 0) is 9.47 Å². The number of aliphatic hydroxyl groups is 1. The summed E-state index contributed by atoms with van der Waals surface area (Å²) in [4.78, 5) is 40.8. The third-order valence-corrected chi connectivity index (χ3v) is 4.48. The normalized spacial score (nSPS) is 26.4. The largest absolute Gasteiger partial charge is 0.451 e. The van der Waals surface area contributed by atoms with Crippen molar-refractivity contribution in [2.24, 2.45) is 5.11 Å². The van der Waals surface area contributed by atoms with Gasteiger partial charge in [-0.05, 0) is 24.1 Å². The molecule has 0 radical (unpaired) electrons. The number of nitrogens with zero attached hydrogens (tertiary/aromatic N) is 4. The minimum atomic E-state index is -1.75. The summed E-state index contributed by atoms with van der Waals surface area (Å²) in [7, 11) is 0. The molecular formula is C17H17N5O6. The molecule has 28 heavy (non-hydrogen) atoms. The minimum Gasteiger partial charge on any atom is -0.451 e. The van der Waals surface area contributed by atoms with E-state index in [4.69, 9.17) is 15.0 Å². The van der Waals surface area contributed by atoms with Crippen molar-refractivity contribution in [2.75, 3.05) is 0 Å². The number of aliphatic hydroxyl groups excluding tert-OH is 1. The molecule has 2 heterocycles. The van der Waals surface area contributed by atoms with Crippen LogP contribution in [-0.4, -0.2) is 38.6 Å². The second kappa shape index (κ2) is 7.69. The average molecular weight is 387 g/mol. The SMILES string of the molecule is CC[C@@]1(N=[N+]=[N-])O[C@@H](n2ccc(=O)[nH]c2=O)[C@H](OC(=O)c2ccccc2)[C@@H]1O. The number of aromatic nitrogens is 2. The number of esters is 1. The molecule has 0 aliphatic carbocycles. The summed E-state index contributed by atoms with van der Waals surface area (Å²) in [5, 5.41) is 14.3. The molecule has 1 saturated heterocycles. The molecule has 2 aromatic rings. The number of ether oxygens (including phenoxy) is 2. The molecule has 3 rings (SSSR count). The molecule has 11 heteroatoms. The zero-order chi connectivity index (χ0) is 20.3. The first-order valence-corrected chi connectivity index (χ1v) is 8.41. The highest BCUT2D eigenvalue weighted by atomic mass is 16.6. The zero-order valence-corrected chi connectivity index (χ0v) is 14.8. The minimum absolute atomic E-state index is 0.0478. The lowest BCUT2D eigenvalue weighted by molar-refractivity contribution is -0.103. The van der Waals surface area contributed by atoms with E-state index in [9.17, 15) is 19.5 Å². The number of H-pyrrole nitrogens is 1. The Morgan fingerprint density at radius 3 is 2.71 bits per heavy atom. The first-order chi connectivity index (χ1) is 13.4. The van der Waals surface area contributed by atoms with Gasteiger partial charge in [-0.3, -0.25) is 14.3 Å². The van der Waals surface area contributed by atoms with Crippen LogP contribution in [0.2, 0.25) is 0 Å². The lowest BCUT2D eigenvalue weighted by atomic mass is 10.0. The van der Waals surface area contributed by atoms with Crippen molar-refractivity contribution in [1.29, 1.82) is 0 Å². The van der Waals surface area contributed by atoms with Crippen molar-refractivity contribution in [3.05, 3.63) is 79.4 Å². The molecule has 0 spiro atoms. The van der Waals surface area contributed by atoms with E-state index in [0.29, 0.717) is 0 Å². The van der Waals surface area contributed by atoms with Crippen LogP contribution >= 0.6 is 0 Å². The van der Waals surface area contributed by atoms with Gasteiger partial charge in [0, 0.05) is 17.2 Å². The van der Waals surface area contributed by atoms with Gasteiger partial charge in [0.2, 0.25) is 0 Å². The van der Waals surface area contributed by atoms with Gasteiger partial charge in [0.1, 0.15) is 6.10 Å². The first-order valence-electron chi connectivity index (χ1n) is 8.41. The van der Waals surface area contributed by atoms with Crippen LogP contribution in [0.15, 0.2) is 57.3 Å². The third-order valence-electron chi connectivity index (χ3n) is 4.48. The predicted octanol–water partition coefficient (Wildman–Crippen LogP) is 1.07. The smallest absolute Gasteiger partial charge is 0.338 e. The number of hydrogen-bond acceptors (Lipinski definition) is 7. The fourth-order valence-electron chi connectivity index (χ4n) is 3.01. The maximum atomic E-state index is 12.5. The second-order valence-corrected chi connectivity index (χ2v) is 6.09. The Hall–Kier alpha value is -3.40. The number of aromatic amines is 1. The van der Waals surface area contributed by atoms with Gasteiger partial charge in [-0.2, -0.15) is 0 Å². The summed E-state index contributed by atoms with van der Waals surface area (Å²) in [6, 6.07) is 9.11. The molecule has 2 N–H and O–H groups in total. The molecule has 4 atom stereocenters. The third kappa shape index (κ3) is 3.41. The van der Waals surface area contributed by atoms with Crippen LogP contribution < -0.4 is 11.2 Å². The van der Waals surface area contributed by atoms with Crippen molar-refractivity contribution in [3.63, 3.8) is 0 Å². The summed E-state index contributed by atoms with van der Waals surface area (Å²) in [5.74, 6) is -0.761. The molecule has 1 aromatic heterocycles. The standard InChI is InChI=1S/C17H17N5O6/c1-2-17(20-21-18)13(24)12(27-15(25)10-6-4-3-5-7-10)14(28-17)22-9-8-11(23)19-16(22)26/h3-9,12-14,24H,2H2,1H3,(H,19,23,26)/t12-,13+,14-,17-/m1/s1. The van der Waals surface area contributed by atoms with Gasteiger partial charge >= 0.3 is 11.7 Å². The topological polar surface area (TPSA) is 159 Å². The molecule has 1 fully saturated rings. The van der Waals surface area contributed by atoms with E-state index in [2.05, 4.69) is 15.0 Å². The van der Waals surface area contributed by atoms with E-state index in [1.807, 2.05) is 0 Å². The van der Waals surface area contributed by atoms with Gasteiger partial charge in [-0.15, -0.1) is 0 Å². The average Bonchev–Trinajstić information content (AvgIpc) is 2.95. The summed E-state index contributed by atoms with van der Waals surface area (Å²) < 4.78 is 12.1. The predicted molar refractivity (Wildman–Crippen MR) is 95.3 cm³/mol. The summed E-state index contributed by atoms with van der Waals surface area (Å²) >= 11 is 0. The van der Waals surface area contributed by atoms with Gasteiger partial charge in [0.25, 0.3) is 5.56 Å². The van der Waals surface area contributed by atoms with E-state index < -0.39 is 41.4 Å².